The first-order chi connectivity index (χ1) is 13.1. The number of fused-ring (bicyclic) bond motifs is 1. The molecule has 8 heteroatoms. The lowest BCUT2D eigenvalue weighted by Crippen LogP contribution is -2.35. The Kier molecular flexibility index (Phi) is 4.73. The molecular weight excluding hydrogens is 364 g/mol. The molecule has 3 atom stereocenters. The lowest BCUT2D eigenvalue weighted by Gasteiger charge is -2.32. The van der Waals surface area contributed by atoms with Gasteiger partial charge in [-0.15, -0.1) is 0 Å². The van der Waals surface area contributed by atoms with Gasteiger partial charge in [0.15, 0.2) is 5.17 Å². The molecule has 0 radical (unpaired) electrons. The molecule has 4 rings (SSSR count). The first-order valence-electron chi connectivity index (χ1n) is 8.86. The summed E-state index contributed by atoms with van der Waals surface area (Å²) in [6.45, 7) is 2.16. The Balaban J connectivity index is 1.87. The molecule has 2 aliphatic heterocycles. The van der Waals surface area contributed by atoms with Crippen LogP contribution in [0.2, 0.25) is 0 Å². The fraction of sp³-hybridized carbons (Fsp3) is 0.368. The van der Waals surface area contributed by atoms with Crippen molar-refractivity contribution in [2.45, 2.75) is 31.5 Å². The van der Waals surface area contributed by atoms with Crippen molar-refractivity contribution in [3.63, 3.8) is 0 Å². The zero-order chi connectivity index (χ0) is 19.0. The Morgan fingerprint density at radius 3 is 2.89 bits per heavy atom. The number of aliphatic imine (C=N–C) groups is 1. The summed E-state index contributed by atoms with van der Waals surface area (Å²) in [6, 6.07) is 10.5. The fourth-order valence-corrected chi connectivity index (χ4v) is 5.09. The van der Waals surface area contributed by atoms with E-state index in [1.54, 1.807) is 37.2 Å². The molecule has 1 fully saturated rings. The first kappa shape index (κ1) is 17.8. The van der Waals surface area contributed by atoms with Gasteiger partial charge in [-0.3, -0.25) is 20.1 Å². The number of non-ortho nitro benzene ring substituents is 1. The van der Waals surface area contributed by atoms with Crippen molar-refractivity contribution in [1.29, 1.82) is 0 Å². The van der Waals surface area contributed by atoms with Crippen molar-refractivity contribution in [3.05, 3.63) is 64.0 Å². The van der Waals surface area contributed by atoms with E-state index in [1.165, 1.54) is 6.07 Å². The number of ether oxygens (including phenoxy) is 1. The van der Waals surface area contributed by atoms with Crippen LogP contribution in [0, 0.1) is 10.1 Å². The third-order valence-electron chi connectivity index (χ3n) is 5.07. The Hall–Kier alpha value is -2.61. The predicted molar refractivity (Wildman–Crippen MR) is 105 cm³/mol. The van der Waals surface area contributed by atoms with Crippen molar-refractivity contribution < 1.29 is 9.66 Å². The van der Waals surface area contributed by atoms with Crippen molar-refractivity contribution in [3.8, 4) is 5.75 Å². The molecule has 27 heavy (non-hydrogen) atoms. The van der Waals surface area contributed by atoms with Gasteiger partial charge < -0.3 is 9.64 Å². The van der Waals surface area contributed by atoms with Gasteiger partial charge in [-0.2, -0.15) is 0 Å². The number of methoxy groups -OCH3 is 1. The van der Waals surface area contributed by atoms with Gasteiger partial charge in [0.25, 0.3) is 5.69 Å². The Morgan fingerprint density at radius 2 is 2.22 bits per heavy atom. The van der Waals surface area contributed by atoms with Crippen LogP contribution in [0.3, 0.4) is 0 Å². The van der Waals surface area contributed by atoms with E-state index in [9.17, 15) is 10.1 Å². The van der Waals surface area contributed by atoms with Gasteiger partial charge in [-0.05, 0) is 24.6 Å². The summed E-state index contributed by atoms with van der Waals surface area (Å²) in [5.74, 6) is 1.60. The maximum absolute atomic E-state index is 11.4. The minimum Gasteiger partial charge on any atom is -0.496 e. The molecule has 7 nitrogen and oxygen atoms in total. The van der Waals surface area contributed by atoms with Gasteiger partial charge in [0.1, 0.15) is 11.8 Å². The molecule has 0 spiro atoms. The predicted octanol–water partition coefficient (Wildman–Crippen LogP) is 3.98. The summed E-state index contributed by atoms with van der Waals surface area (Å²) in [4.78, 5) is 22.8. The molecule has 3 heterocycles. The smallest absolute Gasteiger partial charge is 0.270 e. The van der Waals surface area contributed by atoms with E-state index in [-0.39, 0.29) is 22.7 Å². The highest BCUT2D eigenvalue weighted by atomic mass is 32.2. The summed E-state index contributed by atoms with van der Waals surface area (Å²) >= 11 is 1.74. The third kappa shape index (κ3) is 3.03. The highest BCUT2D eigenvalue weighted by Gasteiger charge is 2.46. The van der Waals surface area contributed by atoms with Crippen molar-refractivity contribution >= 4 is 22.6 Å². The van der Waals surface area contributed by atoms with Crippen molar-refractivity contribution in [2.75, 3.05) is 12.9 Å². The number of nitro benzene ring substituents is 1. The summed E-state index contributed by atoms with van der Waals surface area (Å²) in [7, 11) is 1.59. The minimum atomic E-state index is -0.370. The normalized spacial score (nSPS) is 23.9. The zero-order valence-corrected chi connectivity index (χ0v) is 15.9. The van der Waals surface area contributed by atoms with Crippen LogP contribution in [-0.2, 0) is 0 Å². The van der Waals surface area contributed by atoms with Gasteiger partial charge in [0.2, 0.25) is 0 Å². The Labute approximate surface area is 161 Å². The van der Waals surface area contributed by atoms with Gasteiger partial charge in [0.05, 0.1) is 23.8 Å². The summed E-state index contributed by atoms with van der Waals surface area (Å²) < 4.78 is 5.57. The topological polar surface area (TPSA) is 80.9 Å². The van der Waals surface area contributed by atoms with E-state index in [0.717, 1.165) is 28.6 Å². The molecular formula is C19H20N4O3S. The largest absolute Gasteiger partial charge is 0.496 e. The van der Waals surface area contributed by atoms with Crippen LogP contribution in [0.25, 0.3) is 0 Å². The summed E-state index contributed by atoms with van der Waals surface area (Å²) in [6.07, 6.45) is 2.74. The average molecular weight is 384 g/mol. The van der Waals surface area contributed by atoms with Crippen LogP contribution in [0.1, 0.15) is 36.7 Å². The minimum absolute atomic E-state index is 0.0546. The summed E-state index contributed by atoms with van der Waals surface area (Å²) in [5.41, 5.74) is 1.69. The maximum atomic E-state index is 11.4. The van der Waals surface area contributed by atoms with E-state index in [4.69, 9.17) is 9.73 Å². The standard InChI is InChI=1S/C19H20N4O3S/c1-3-12-11-27-19-21-17(15-6-4-5-9-20-15)18(22(12)19)14-10-13(23(24)25)7-8-16(14)26-2/h4-10,12,17-18H,3,11H2,1-2H3/t12-,17+,18-/m1/s1. The van der Waals surface area contributed by atoms with E-state index < -0.39 is 0 Å². The molecule has 0 amide bonds. The second-order valence-corrected chi connectivity index (χ2v) is 7.51. The molecule has 0 bridgehead atoms. The number of aromatic nitrogens is 1. The van der Waals surface area contributed by atoms with Crippen LogP contribution in [0.15, 0.2) is 47.6 Å². The van der Waals surface area contributed by atoms with Gasteiger partial charge in [-0.1, -0.05) is 24.8 Å². The molecule has 0 aliphatic carbocycles. The summed E-state index contributed by atoms with van der Waals surface area (Å²) in [5, 5.41) is 12.4. The average Bonchev–Trinajstić information content (AvgIpc) is 3.27. The molecule has 1 aromatic heterocycles. The molecule has 140 valence electrons. The van der Waals surface area contributed by atoms with E-state index >= 15 is 0 Å². The zero-order valence-electron chi connectivity index (χ0n) is 15.1. The maximum Gasteiger partial charge on any atom is 0.270 e. The SMILES string of the molecule is CC[C@@H]1CSC2=N[C@@H](c3ccccn3)[C@@H](c3cc([N+](=O)[O-])ccc3OC)N21. The molecule has 0 N–H and O–H groups in total. The number of benzene rings is 1. The molecule has 0 saturated carbocycles. The van der Waals surface area contributed by atoms with Crippen LogP contribution in [-0.4, -0.2) is 38.9 Å². The number of thioether (sulfide) groups is 1. The van der Waals surface area contributed by atoms with E-state index in [2.05, 4.69) is 16.8 Å². The molecule has 1 saturated heterocycles. The second-order valence-electron chi connectivity index (χ2n) is 6.52. The van der Waals surface area contributed by atoms with Crippen molar-refractivity contribution in [2.24, 2.45) is 4.99 Å². The first-order valence-corrected chi connectivity index (χ1v) is 9.84. The van der Waals surface area contributed by atoms with E-state index in [1.807, 2.05) is 18.2 Å². The lowest BCUT2D eigenvalue weighted by atomic mass is 9.94. The number of rotatable bonds is 5. The number of pyridine rings is 1. The highest BCUT2D eigenvalue weighted by molar-refractivity contribution is 8.14. The lowest BCUT2D eigenvalue weighted by molar-refractivity contribution is -0.385. The highest BCUT2D eigenvalue weighted by Crippen LogP contribution is 2.50. The van der Waals surface area contributed by atoms with Gasteiger partial charge >= 0.3 is 0 Å². The van der Waals surface area contributed by atoms with Gasteiger partial charge in [-0.25, -0.2) is 0 Å². The Bertz CT molecular complexity index is 890. The molecule has 1 aromatic carbocycles. The fourth-order valence-electron chi connectivity index (χ4n) is 3.75. The second kappa shape index (κ2) is 7.19. The Morgan fingerprint density at radius 1 is 1.37 bits per heavy atom. The van der Waals surface area contributed by atoms with E-state index in [0.29, 0.717) is 11.8 Å². The number of nitro groups is 1. The van der Waals surface area contributed by atoms with Crippen molar-refractivity contribution in [1.82, 2.24) is 9.88 Å². The number of hydrogen-bond acceptors (Lipinski definition) is 7. The molecule has 0 unspecified atom stereocenters. The van der Waals surface area contributed by atoms with Crippen LogP contribution in [0.5, 0.6) is 5.75 Å². The monoisotopic (exact) mass is 384 g/mol. The number of nitrogens with zero attached hydrogens (tertiary/aromatic N) is 4. The third-order valence-corrected chi connectivity index (χ3v) is 6.20. The van der Waals surface area contributed by atoms with Crippen LogP contribution in [0.4, 0.5) is 5.69 Å². The molecule has 2 aromatic rings. The quantitative estimate of drug-likeness (QED) is 0.573. The molecule has 2 aliphatic rings. The number of amidine groups is 1. The van der Waals surface area contributed by atoms with Gasteiger partial charge in [0, 0.05) is 35.7 Å². The van der Waals surface area contributed by atoms with Crippen LogP contribution < -0.4 is 4.74 Å². The number of hydrogen-bond donors (Lipinski definition) is 0. The van der Waals surface area contributed by atoms with Crippen LogP contribution >= 0.6 is 11.8 Å².